The van der Waals surface area contributed by atoms with Gasteiger partial charge in [-0.1, -0.05) is 13.0 Å². The van der Waals surface area contributed by atoms with Crippen molar-refractivity contribution >= 4 is 5.69 Å². The van der Waals surface area contributed by atoms with Crippen LogP contribution in [0.2, 0.25) is 0 Å². The number of nitrogens with zero attached hydrogens (tertiary/aromatic N) is 1. The predicted molar refractivity (Wildman–Crippen MR) is 64.7 cm³/mol. The molecule has 0 atom stereocenters. The normalized spacial score (nSPS) is 10.1. The van der Waals surface area contributed by atoms with Crippen LogP contribution in [0.3, 0.4) is 0 Å². The van der Waals surface area contributed by atoms with Gasteiger partial charge in [0.15, 0.2) is 0 Å². The van der Waals surface area contributed by atoms with Crippen LogP contribution in [-0.2, 0) is 6.42 Å². The third-order valence-electron chi connectivity index (χ3n) is 2.53. The number of likely N-dealkylation sites (N-methyl/N-ethyl adjacent to an activating group) is 1. The molecule has 0 fully saturated rings. The second kappa shape index (κ2) is 5.61. The Morgan fingerprint density at radius 3 is 2.67 bits per heavy atom. The lowest BCUT2D eigenvalue weighted by atomic mass is 10.1. The summed E-state index contributed by atoms with van der Waals surface area (Å²) in [6.07, 6.45) is 1.04. The molecule has 84 valence electrons. The average molecular weight is 208 g/mol. The first-order valence-corrected chi connectivity index (χ1v) is 5.31. The summed E-state index contributed by atoms with van der Waals surface area (Å²) in [7, 11) is 3.73. The van der Waals surface area contributed by atoms with Crippen molar-refractivity contribution in [3.8, 4) is 5.75 Å². The Morgan fingerprint density at radius 2 is 2.13 bits per heavy atom. The molecule has 0 amide bonds. The number of benzene rings is 1. The van der Waals surface area contributed by atoms with Crippen molar-refractivity contribution < 1.29 is 4.74 Å². The molecule has 0 aliphatic rings. The minimum atomic E-state index is 0.649. The van der Waals surface area contributed by atoms with Gasteiger partial charge >= 0.3 is 0 Å². The molecule has 0 saturated heterocycles. The zero-order valence-electron chi connectivity index (χ0n) is 9.79. The van der Waals surface area contributed by atoms with Crippen LogP contribution in [0.1, 0.15) is 12.5 Å². The smallest absolute Gasteiger partial charge is 0.142 e. The zero-order valence-corrected chi connectivity index (χ0v) is 9.79. The van der Waals surface area contributed by atoms with E-state index in [9.17, 15) is 0 Å². The third-order valence-corrected chi connectivity index (χ3v) is 2.53. The summed E-state index contributed by atoms with van der Waals surface area (Å²) in [5.74, 6) is 0.906. The lowest BCUT2D eigenvalue weighted by molar-refractivity contribution is 0.415. The highest BCUT2D eigenvalue weighted by atomic mass is 16.5. The fraction of sp³-hybridized carbons (Fsp3) is 0.500. The Kier molecular flexibility index (Phi) is 4.43. The van der Waals surface area contributed by atoms with E-state index in [0.29, 0.717) is 6.54 Å². The number of hydrogen-bond acceptors (Lipinski definition) is 3. The van der Waals surface area contributed by atoms with Crippen molar-refractivity contribution in [1.82, 2.24) is 0 Å². The van der Waals surface area contributed by atoms with E-state index < -0.39 is 0 Å². The molecule has 0 aromatic heterocycles. The first kappa shape index (κ1) is 11.9. The van der Waals surface area contributed by atoms with Gasteiger partial charge in [-0.15, -0.1) is 0 Å². The fourth-order valence-electron chi connectivity index (χ4n) is 1.57. The number of hydrogen-bond donors (Lipinski definition) is 1. The summed E-state index contributed by atoms with van der Waals surface area (Å²) in [6.45, 7) is 3.63. The summed E-state index contributed by atoms with van der Waals surface area (Å²) in [4.78, 5) is 2.12. The summed E-state index contributed by atoms with van der Waals surface area (Å²) in [6, 6.07) is 6.27. The van der Waals surface area contributed by atoms with Crippen LogP contribution in [0.5, 0.6) is 5.75 Å². The molecule has 3 nitrogen and oxygen atoms in total. The maximum Gasteiger partial charge on any atom is 0.142 e. The van der Waals surface area contributed by atoms with Gasteiger partial charge in [0.05, 0.1) is 12.8 Å². The van der Waals surface area contributed by atoms with Crippen LogP contribution in [-0.4, -0.2) is 27.2 Å². The summed E-state index contributed by atoms with van der Waals surface area (Å²) in [5, 5.41) is 0. The fourth-order valence-corrected chi connectivity index (χ4v) is 1.57. The van der Waals surface area contributed by atoms with Crippen molar-refractivity contribution in [2.24, 2.45) is 5.73 Å². The molecule has 2 N–H and O–H groups in total. The van der Waals surface area contributed by atoms with Gasteiger partial charge in [-0.25, -0.2) is 0 Å². The monoisotopic (exact) mass is 208 g/mol. The molecule has 0 aliphatic heterocycles. The van der Waals surface area contributed by atoms with Crippen LogP contribution < -0.4 is 15.4 Å². The number of ether oxygens (including phenoxy) is 1. The van der Waals surface area contributed by atoms with Gasteiger partial charge in [0.2, 0.25) is 0 Å². The highest BCUT2D eigenvalue weighted by molar-refractivity contribution is 5.59. The van der Waals surface area contributed by atoms with Crippen molar-refractivity contribution in [3.05, 3.63) is 23.8 Å². The molecule has 0 unspecified atom stereocenters. The number of methoxy groups -OCH3 is 1. The van der Waals surface area contributed by atoms with Crippen molar-refractivity contribution in [2.75, 3.05) is 32.1 Å². The third kappa shape index (κ3) is 2.86. The molecule has 0 aliphatic carbocycles. The van der Waals surface area contributed by atoms with Crippen molar-refractivity contribution in [1.29, 1.82) is 0 Å². The Balaban J connectivity index is 3.00. The molecular weight excluding hydrogens is 188 g/mol. The predicted octanol–water partition coefficient (Wildman–Crippen LogP) is 1.65. The summed E-state index contributed by atoms with van der Waals surface area (Å²) < 4.78 is 5.33. The quantitative estimate of drug-likeness (QED) is 0.799. The second-order valence-corrected chi connectivity index (χ2v) is 3.57. The van der Waals surface area contributed by atoms with Gasteiger partial charge in [-0.05, 0) is 24.1 Å². The number of aryl methyl sites for hydroxylation is 1. The number of nitrogens with two attached hydrogens (primary N) is 1. The first-order chi connectivity index (χ1) is 7.22. The second-order valence-electron chi connectivity index (χ2n) is 3.57. The molecule has 0 heterocycles. The topological polar surface area (TPSA) is 38.5 Å². The molecular formula is C12H20N2O. The van der Waals surface area contributed by atoms with Crippen molar-refractivity contribution in [3.63, 3.8) is 0 Å². The highest BCUT2D eigenvalue weighted by Gasteiger charge is 2.07. The van der Waals surface area contributed by atoms with E-state index in [1.54, 1.807) is 7.11 Å². The van der Waals surface area contributed by atoms with E-state index in [0.717, 1.165) is 24.4 Å². The largest absolute Gasteiger partial charge is 0.495 e. The molecule has 1 aromatic carbocycles. The molecule has 0 radical (unpaired) electrons. The van der Waals surface area contributed by atoms with Gasteiger partial charge in [0.1, 0.15) is 5.75 Å². The van der Waals surface area contributed by atoms with E-state index in [1.807, 2.05) is 13.1 Å². The van der Waals surface area contributed by atoms with Gasteiger partial charge in [0.25, 0.3) is 0 Å². The van der Waals surface area contributed by atoms with E-state index in [-0.39, 0.29) is 0 Å². The molecule has 0 bridgehead atoms. The summed E-state index contributed by atoms with van der Waals surface area (Å²) >= 11 is 0. The van der Waals surface area contributed by atoms with Crippen LogP contribution in [0, 0.1) is 0 Å². The Hall–Kier alpha value is -1.22. The summed E-state index contributed by atoms with van der Waals surface area (Å²) in [5.41, 5.74) is 7.97. The van der Waals surface area contributed by atoms with Gasteiger partial charge < -0.3 is 15.4 Å². The molecule has 0 spiro atoms. The van der Waals surface area contributed by atoms with E-state index in [1.165, 1.54) is 5.56 Å². The van der Waals surface area contributed by atoms with Crippen LogP contribution in [0.25, 0.3) is 0 Å². The standard InChI is InChI=1S/C12H20N2O/c1-4-10-5-6-12(15-3)11(9-10)14(2)8-7-13/h5-6,9H,4,7-8,13H2,1-3H3. The Bertz CT molecular complexity index is 312. The maximum absolute atomic E-state index is 5.55. The Morgan fingerprint density at radius 1 is 1.40 bits per heavy atom. The number of anilines is 1. The van der Waals surface area contributed by atoms with Gasteiger partial charge in [-0.2, -0.15) is 0 Å². The lowest BCUT2D eigenvalue weighted by Gasteiger charge is -2.21. The van der Waals surface area contributed by atoms with Gasteiger partial charge in [-0.3, -0.25) is 0 Å². The maximum atomic E-state index is 5.55. The SMILES string of the molecule is CCc1ccc(OC)c(N(C)CCN)c1. The number of rotatable bonds is 5. The average Bonchev–Trinajstić information content (AvgIpc) is 2.28. The Labute approximate surface area is 91.8 Å². The highest BCUT2D eigenvalue weighted by Crippen LogP contribution is 2.28. The zero-order chi connectivity index (χ0) is 11.3. The first-order valence-electron chi connectivity index (χ1n) is 5.31. The van der Waals surface area contributed by atoms with Gasteiger partial charge in [0, 0.05) is 20.1 Å². The van der Waals surface area contributed by atoms with E-state index in [4.69, 9.17) is 10.5 Å². The minimum Gasteiger partial charge on any atom is -0.495 e. The molecule has 3 heteroatoms. The van der Waals surface area contributed by atoms with E-state index in [2.05, 4.69) is 24.0 Å². The molecule has 15 heavy (non-hydrogen) atoms. The molecule has 1 rings (SSSR count). The van der Waals surface area contributed by atoms with Crippen LogP contribution in [0.4, 0.5) is 5.69 Å². The van der Waals surface area contributed by atoms with Crippen LogP contribution in [0.15, 0.2) is 18.2 Å². The van der Waals surface area contributed by atoms with E-state index >= 15 is 0 Å². The van der Waals surface area contributed by atoms with Crippen LogP contribution >= 0.6 is 0 Å². The minimum absolute atomic E-state index is 0.649. The molecule has 0 saturated carbocycles. The van der Waals surface area contributed by atoms with Crippen molar-refractivity contribution in [2.45, 2.75) is 13.3 Å². The lowest BCUT2D eigenvalue weighted by Crippen LogP contribution is -2.25. The molecule has 1 aromatic rings.